The molecule has 0 bridgehead atoms. The lowest BCUT2D eigenvalue weighted by Crippen LogP contribution is -2.42. The average Bonchev–Trinajstić information content (AvgIpc) is 3.37. The number of anilines is 1. The summed E-state index contributed by atoms with van der Waals surface area (Å²) >= 11 is 0. The van der Waals surface area contributed by atoms with Gasteiger partial charge in [0.05, 0.1) is 13.2 Å². The molecule has 3 aromatic rings. The van der Waals surface area contributed by atoms with Crippen molar-refractivity contribution in [3.05, 3.63) is 71.6 Å². The molecule has 0 atom stereocenters. The van der Waals surface area contributed by atoms with E-state index in [1.165, 1.54) is 0 Å². The molecule has 10 nitrogen and oxygen atoms in total. The zero-order valence-corrected chi connectivity index (χ0v) is 20.4. The molecule has 2 fully saturated rings. The van der Waals surface area contributed by atoms with Crippen LogP contribution < -0.4 is 10.6 Å². The standard InChI is InChI=1S/C27H27N5O5/c1-18-6-8-20(9-7-18)28-24(33)16-32-26(35)22(29-27(32)36)14-19-15-31(23-5-3-2-4-21(19)23)17-25(34)30-10-12-37-13-11-30/h2-9,14-15H,10-13,16-17H2,1H3,(H,28,33)(H,29,36)/b22-14-. The molecule has 5 rings (SSSR count). The molecule has 2 saturated heterocycles. The van der Waals surface area contributed by atoms with Crippen LogP contribution in [0.3, 0.4) is 0 Å². The van der Waals surface area contributed by atoms with Crippen LogP contribution in [0.15, 0.2) is 60.4 Å². The van der Waals surface area contributed by atoms with Gasteiger partial charge in [-0.1, -0.05) is 35.9 Å². The van der Waals surface area contributed by atoms with Crippen LogP contribution in [0.5, 0.6) is 0 Å². The van der Waals surface area contributed by atoms with Crippen LogP contribution in [-0.2, 0) is 25.7 Å². The summed E-state index contributed by atoms with van der Waals surface area (Å²) in [5.74, 6) is -1.09. The highest BCUT2D eigenvalue weighted by Gasteiger charge is 2.35. The predicted octanol–water partition coefficient (Wildman–Crippen LogP) is 2.34. The number of aryl methyl sites for hydroxylation is 1. The Balaban J connectivity index is 1.33. The Labute approximate surface area is 213 Å². The van der Waals surface area contributed by atoms with Crippen LogP contribution in [-0.4, -0.2) is 71.0 Å². The van der Waals surface area contributed by atoms with Crippen molar-refractivity contribution in [3.63, 3.8) is 0 Å². The Kier molecular flexibility index (Phi) is 6.74. The third-order valence-corrected chi connectivity index (χ3v) is 6.39. The smallest absolute Gasteiger partial charge is 0.329 e. The number of carbonyl (C=O) groups is 4. The highest BCUT2D eigenvalue weighted by molar-refractivity contribution is 6.16. The third kappa shape index (κ3) is 5.24. The van der Waals surface area contributed by atoms with Crippen LogP contribution in [0.1, 0.15) is 11.1 Å². The first-order valence-corrected chi connectivity index (χ1v) is 12.0. The highest BCUT2D eigenvalue weighted by Crippen LogP contribution is 2.25. The fraction of sp³-hybridized carbons (Fsp3) is 0.259. The summed E-state index contributed by atoms with van der Waals surface area (Å²) in [6.45, 7) is 3.84. The molecule has 0 saturated carbocycles. The summed E-state index contributed by atoms with van der Waals surface area (Å²) in [5.41, 5.74) is 3.21. The monoisotopic (exact) mass is 501 g/mol. The van der Waals surface area contributed by atoms with Crippen molar-refractivity contribution in [2.24, 2.45) is 0 Å². The first-order valence-electron chi connectivity index (χ1n) is 12.0. The van der Waals surface area contributed by atoms with Crippen LogP contribution in [0.2, 0.25) is 0 Å². The van der Waals surface area contributed by atoms with Crippen molar-refractivity contribution in [3.8, 4) is 0 Å². The zero-order chi connectivity index (χ0) is 25.9. The number of imide groups is 1. The molecule has 37 heavy (non-hydrogen) atoms. The second-order valence-corrected chi connectivity index (χ2v) is 9.02. The zero-order valence-electron chi connectivity index (χ0n) is 20.4. The molecule has 2 N–H and O–H groups in total. The fourth-order valence-corrected chi connectivity index (χ4v) is 4.43. The van der Waals surface area contributed by atoms with Crippen molar-refractivity contribution in [2.45, 2.75) is 13.5 Å². The molecule has 2 aliphatic heterocycles. The fourth-order valence-electron chi connectivity index (χ4n) is 4.43. The Hall–Kier alpha value is -4.44. The molecule has 3 heterocycles. The maximum atomic E-state index is 13.0. The van der Waals surface area contributed by atoms with Crippen LogP contribution in [0.4, 0.5) is 10.5 Å². The number of carbonyl (C=O) groups excluding carboxylic acids is 4. The summed E-state index contributed by atoms with van der Waals surface area (Å²) in [5, 5.41) is 6.10. The highest BCUT2D eigenvalue weighted by atomic mass is 16.5. The van der Waals surface area contributed by atoms with Crippen molar-refractivity contribution in [1.29, 1.82) is 0 Å². The predicted molar refractivity (Wildman–Crippen MR) is 137 cm³/mol. The largest absolute Gasteiger partial charge is 0.378 e. The van der Waals surface area contributed by atoms with E-state index in [9.17, 15) is 19.2 Å². The molecule has 2 aromatic carbocycles. The first-order chi connectivity index (χ1) is 17.9. The summed E-state index contributed by atoms with van der Waals surface area (Å²) < 4.78 is 7.17. The number of fused-ring (bicyclic) bond motifs is 1. The van der Waals surface area contributed by atoms with Crippen LogP contribution in [0.25, 0.3) is 17.0 Å². The number of amides is 5. The summed E-state index contributed by atoms with van der Waals surface area (Å²) in [6, 6.07) is 14.1. The van der Waals surface area contributed by atoms with E-state index in [-0.39, 0.29) is 18.1 Å². The number of nitrogens with one attached hydrogen (secondary N) is 2. The van der Waals surface area contributed by atoms with Gasteiger partial charge in [0.25, 0.3) is 5.91 Å². The van der Waals surface area contributed by atoms with Crippen LogP contribution >= 0.6 is 0 Å². The number of benzene rings is 2. The number of hydrogen-bond donors (Lipinski definition) is 2. The van der Waals surface area contributed by atoms with Gasteiger partial charge in [-0.2, -0.15) is 0 Å². The van der Waals surface area contributed by atoms with Gasteiger partial charge in [0.2, 0.25) is 11.8 Å². The third-order valence-electron chi connectivity index (χ3n) is 6.39. The van der Waals surface area contributed by atoms with Gasteiger partial charge in [0.15, 0.2) is 0 Å². The van der Waals surface area contributed by atoms with Crippen molar-refractivity contribution in [1.82, 2.24) is 19.7 Å². The SMILES string of the molecule is Cc1ccc(NC(=O)CN2C(=O)N/C(=C\c3cn(CC(=O)N4CCOCC4)c4ccccc34)C2=O)cc1. The molecule has 190 valence electrons. The number of ether oxygens (including phenoxy) is 1. The van der Waals surface area contributed by atoms with Crippen molar-refractivity contribution >= 4 is 46.4 Å². The number of para-hydroxylation sites is 1. The van der Waals surface area contributed by atoms with E-state index in [1.807, 2.05) is 47.9 Å². The molecule has 1 aromatic heterocycles. The van der Waals surface area contributed by atoms with E-state index in [0.29, 0.717) is 37.6 Å². The minimum Gasteiger partial charge on any atom is -0.378 e. The van der Waals surface area contributed by atoms with Gasteiger partial charge in [-0.15, -0.1) is 0 Å². The molecule has 0 aliphatic carbocycles. The second kappa shape index (κ2) is 10.3. The van der Waals surface area contributed by atoms with Crippen molar-refractivity contribution in [2.75, 3.05) is 38.2 Å². The van der Waals surface area contributed by atoms with E-state index in [2.05, 4.69) is 10.6 Å². The number of hydrogen-bond acceptors (Lipinski definition) is 5. The van der Waals surface area contributed by atoms with Crippen molar-refractivity contribution < 1.29 is 23.9 Å². The summed E-state index contributed by atoms with van der Waals surface area (Å²) in [6.07, 6.45) is 3.37. The Morgan fingerprint density at radius 2 is 1.76 bits per heavy atom. The van der Waals surface area contributed by atoms with Gasteiger partial charge in [-0.25, -0.2) is 9.69 Å². The molecular weight excluding hydrogens is 474 g/mol. The maximum Gasteiger partial charge on any atom is 0.329 e. The minimum absolute atomic E-state index is 0.0146. The number of urea groups is 1. The van der Waals surface area contributed by atoms with E-state index >= 15 is 0 Å². The van der Waals surface area contributed by atoms with E-state index in [4.69, 9.17) is 4.74 Å². The maximum absolute atomic E-state index is 13.0. The minimum atomic E-state index is -0.665. The Morgan fingerprint density at radius 3 is 2.51 bits per heavy atom. The molecule has 5 amide bonds. The number of nitrogens with zero attached hydrogens (tertiary/aromatic N) is 3. The Bertz CT molecular complexity index is 1400. The Morgan fingerprint density at radius 1 is 1.03 bits per heavy atom. The lowest BCUT2D eigenvalue weighted by atomic mass is 10.1. The van der Waals surface area contributed by atoms with Gasteiger partial charge in [-0.05, 0) is 31.2 Å². The normalized spacial score (nSPS) is 16.9. The molecule has 0 spiro atoms. The number of morpholine rings is 1. The van der Waals surface area contributed by atoms with E-state index in [1.54, 1.807) is 29.3 Å². The molecule has 2 aliphatic rings. The van der Waals surface area contributed by atoms with Gasteiger partial charge >= 0.3 is 6.03 Å². The molecule has 0 radical (unpaired) electrons. The molecule has 0 unspecified atom stereocenters. The quantitative estimate of drug-likeness (QED) is 0.398. The number of aromatic nitrogens is 1. The topological polar surface area (TPSA) is 113 Å². The van der Waals surface area contributed by atoms with E-state index < -0.39 is 24.4 Å². The van der Waals surface area contributed by atoms with Gasteiger partial charge in [0, 0.05) is 41.4 Å². The van der Waals surface area contributed by atoms with Gasteiger partial charge < -0.3 is 24.8 Å². The second-order valence-electron chi connectivity index (χ2n) is 9.02. The lowest BCUT2D eigenvalue weighted by molar-refractivity contribution is -0.135. The van der Waals surface area contributed by atoms with Gasteiger partial charge in [0.1, 0.15) is 18.8 Å². The van der Waals surface area contributed by atoms with E-state index in [0.717, 1.165) is 21.4 Å². The first kappa shape index (κ1) is 24.3. The summed E-state index contributed by atoms with van der Waals surface area (Å²) in [7, 11) is 0. The molecule has 10 heteroatoms. The number of rotatable bonds is 6. The molecular formula is C27H27N5O5. The van der Waals surface area contributed by atoms with Crippen LogP contribution in [0, 0.1) is 6.92 Å². The summed E-state index contributed by atoms with van der Waals surface area (Å²) in [4.78, 5) is 53.5. The van der Waals surface area contributed by atoms with Gasteiger partial charge in [-0.3, -0.25) is 14.4 Å². The lowest BCUT2D eigenvalue weighted by Gasteiger charge is -2.27. The average molecular weight is 502 g/mol.